The van der Waals surface area contributed by atoms with E-state index in [0.717, 1.165) is 35.4 Å². The van der Waals surface area contributed by atoms with Crippen LogP contribution in [0.1, 0.15) is 16.3 Å². The first-order chi connectivity index (χ1) is 9.19. The highest BCUT2D eigenvalue weighted by atomic mass is 79.9. The Kier molecular flexibility index (Phi) is 5.36. The van der Waals surface area contributed by atoms with Crippen molar-refractivity contribution in [2.75, 3.05) is 13.7 Å². The molecular weight excluding hydrogens is 324 g/mol. The number of aromatic nitrogens is 1. The largest absolute Gasteiger partial charge is 0.496 e. The molecule has 2 rings (SSSR count). The van der Waals surface area contributed by atoms with Crippen LogP contribution in [0.2, 0.25) is 0 Å². The Morgan fingerprint density at radius 2 is 2.26 bits per heavy atom. The summed E-state index contributed by atoms with van der Waals surface area (Å²) in [6.45, 7) is 3.83. The molecule has 5 heteroatoms. The molecule has 0 fully saturated rings. The number of nitrogens with zero attached hydrogens (tertiary/aromatic N) is 1. The van der Waals surface area contributed by atoms with Gasteiger partial charge in [-0.15, -0.1) is 11.3 Å². The highest BCUT2D eigenvalue weighted by Crippen LogP contribution is 2.25. The normalized spacial score (nSPS) is 10.7. The van der Waals surface area contributed by atoms with E-state index in [1.807, 2.05) is 13.0 Å². The Hall–Kier alpha value is -0.910. The smallest absolute Gasteiger partial charge is 0.133 e. The van der Waals surface area contributed by atoms with Gasteiger partial charge in [0.25, 0.3) is 0 Å². The third-order valence-electron chi connectivity index (χ3n) is 2.73. The number of hydrogen-bond donors (Lipinski definition) is 1. The van der Waals surface area contributed by atoms with Gasteiger partial charge in [-0.3, -0.25) is 0 Å². The van der Waals surface area contributed by atoms with Gasteiger partial charge >= 0.3 is 0 Å². The molecule has 0 saturated heterocycles. The zero-order chi connectivity index (χ0) is 13.7. The molecule has 0 atom stereocenters. The predicted octanol–water partition coefficient (Wildman–Crippen LogP) is 3.55. The van der Waals surface area contributed by atoms with Crippen LogP contribution in [0.25, 0.3) is 0 Å². The molecule has 1 N–H and O–H groups in total. The van der Waals surface area contributed by atoms with Gasteiger partial charge < -0.3 is 10.1 Å². The molecule has 0 amide bonds. The van der Waals surface area contributed by atoms with Crippen molar-refractivity contribution in [3.63, 3.8) is 0 Å². The molecular formula is C14H17BrN2OS. The van der Waals surface area contributed by atoms with E-state index in [-0.39, 0.29) is 0 Å². The van der Waals surface area contributed by atoms with E-state index in [0.29, 0.717) is 0 Å². The number of halogens is 1. The van der Waals surface area contributed by atoms with Crippen molar-refractivity contribution in [2.45, 2.75) is 19.9 Å². The van der Waals surface area contributed by atoms with Gasteiger partial charge in [0, 0.05) is 30.6 Å². The monoisotopic (exact) mass is 340 g/mol. The highest BCUT2D eigenvalue weighted by molar-refractivity contribution is 9.10. The number of benzene rings is 1. The van der Waals surface area contributed by atoms with E-state index in [1.54, 1.807) is 18.4 Å². The van der Waals surface area contributed by atoms with Gasteiger partial charge in [-0.1, -0.05) is 6.07 Å². The van der Waals surface area contributed by atoms with Gasteiger partial charge in [-0.05, 0) is 40.5 Å². The lowest BCUT2D eigenvalue weighted by Crippen LogP contribution is -2.16. The molecule has 0 bridgehead atoms. The number of nitrogens with one attached hydrogen (secondary N) is 1. The Morgan fingerprint density at radius 1 is 1.42 bits per heavy atom. The first kappa shape index (κ1) is 14.5. The summed E-state index contributed by atoms with van der Waals surface area (Å²) in [5, 5.41) is 6.72. The summed E-state index contributed by atoms with van der Waals surface area (Å²) in [5.41, 5.74) is 2.35. The number of aryl methyl sites for hydroxylation is 1. The van der Waals surface area contributed by atoms with Crippen LogP contribution in [0.15, 0.2) is 28.1 Å². The third-order valence-corrected chi connectivity index (χ3v) is 4.37. The molecule has 2 aromatic rings. The molecule has 102 valence electrons. The molecule has 0 radical (unpaired) electrons. The molecule has 0 saturated carbocycles. The SMILES string of the molecule is COc1ccc(CNCCc2nc(C)cs2)cc1Br. The van der Waals surface area contributed by atoms with E-state index in [9.17, 15) is 0 Å². The first-order valence-electron chi connectivity index (χ1n) is 6.13. The Balaban J connectivity index is 1.78. The van der Waals surface area contributed by atoms with Gasteiger partial charge in [-0.25, -0.2) is 4.98 Å². The van der Waals surface area contributed by atoms with Crippen LogP contribution < -0.4 is 10.1 Å². The second-order valence-electron chi connectivity index (χ2n) is 4.28. The van der Waals surface area contributed by atoms with Gasteiger partial charge in [0.05, 0.1) is 16.6 Å². The zero-order valence-electron chi connectivity index (χ0n) is 11.1. The van der Waals surface area contributed by atoms with E-state index >= 15 is 0 Å². The quantitative estimate of drug-likeness (QED) is 0.816. The molecule has 0 aliphatic heterocycles. The summed E-state index contributed by atoms with van der Waals surface area (Å²) in [6.07, 6.45) is 0.982. The molecule has 0 unspecified atom stereocenters. The number of thiazole rings is 1. The molecule has 1 aromatic carbocycles. The number of rotatable bonds is 6. The van der Waals surface area contributed by atoms with Crippen molar-refractivity contribution < 1.29 is 4.74 Å². The Bertz CT molecular complexity index is 542. The summed E-state index contributed by atoms with van der Waals surface area (Å²) in [7, 11) is 1.67. The lowest BCUT2D eigenvalue weighted by atomic mass is 10.2. The fraction of sp³-hybridized carbons (Fsp3) is 0.357. The van der Waals surface area contributed by atoms with Crippen molar-refractivity contribution >= 4 is 27.3 Å². The second kappa shape index (κ2) is 7.03. The molecule has 0 aliphatic rings. The number of methoxy groups -OCH3 is 1. The van der Waals surface area contributed by atoms with Gasteiger partial charge in [0.1, 0.15) is 5.75 Å². The summed E-state index contributed by atoms with van der Waals surface area (Å²) in [6, 6.07) is 6.13. The van der Waals surface area contributed by atoms with Crippen LogP contribution in [0.3, 0.4) is 0 Å². The highest BCUT2D eigenvalue weighted by Gasteiger charge is 2.02. The number of ether oxygens (including phenoxy) is 1. The topological polar surface area (TPSA) is 34.1 Å². The summed E-state index contributed by atoms with van der Waals surface area (Å²) in [5.74, 6) is 0.863. The van der Waals surface area contributed by atoms with Crippen LogP contribution in [0.5, 0.6) is 5.75 Å². The van der Waals surface area contributed by atoms with Crippen molar-refractivity contribution in [3.05, 3.63) is 44.3 Å². The van der Waals surface area contributed by atoms with Crippen molar-refractivity contribution in [3.8, 4) is 5.75 Å². The van der Waals surface area contributed by atoms with E-state index in [1.165, 1.54) is 10.6 Å². The summed E-state index contributed by atoms with van der Waals surface area (Å²) >= 11 is 5.22. The van der Waals surface area contributed by atoms with Crippen LogP contribution in [-0.2, 0) is 13.0 Å². The van der Waals surface area contributed by atoms with Crippen LogP contribution in [0, 0.1) is 6.92 Å². The average Bonchev–Trinajstić information content (AvgIpc) is 2.81. The summed E-state index contributed by atoms with van der Waals surface area (Å²) in [4.78, 5) is 4.45. The maximum Gasteiger partial charge on any atom is 0.133 e. The second-order valence-corrected chi connectivity index (χ2v) is 6.08. The fourth-order valence-corrected chi connectivity index (χ4v) is 3.13. The first-order valence-corrected chi connectivity index (χ1v) is 7.80. The summed E-state index contributed by atoms with van der Waals surface area (Å²) < 4.78 is 6.20. The van der Waals surface area contributed by atoms with Gasteiger partial charge in [0.15, 0.2) is 0 Å². The van der Waals surface area contributed by atoms with Crippen molar-refractivity contribution in [2.24, 2.45) is 0 Å². The average molecular weight is 341 g/mol. The molecule has 19 heavy (non-hydrogen) atoms. The molecule has 0 spiro atoms. The fourth-order valence-electron chi connectivity index (χ4n) is 1.77. The predicted molar refractivity (Wildman–Crippen MR) is 83.0 cm³/mol. The van der Waals surface area contributed by atoms with Crippen molar-refractivity contribution in [1.29, 1.82) is 0 Å². The van der Waals surface area contributed by atoms with Crippen molar-refractivity contribution in [1.82, 2.24) is 10.3 Å². The maximum atomic E-state index is 5.21. The Labute approximate surface area is 126 Å². The molecule has 1 aromatic heterocycles. The maximum absolute atomic E-state index is 5.21. The molecule has 1 heterocycles. The Morgan fingerprint density at radius 3 is 2.89 bits per heavy atom. The minimum absolute atomic E-state index is 0.854. The van der Waals surface area contributed by atoms with Crippen LogP contribution >= 0.6 is 27.3 Å². The molecule has 3 nitrogen and oxygen atoms in total. The molecule has 0 aliphatic carbocycles. The minimum Gasteiger partial charge on any atom is -0.496 e. The van der Waals surface area contributed by atoms with Gasteiger partial charge in [-0.2, -0.15) is 0 Å². The lowest BCUT2D eigenvalue weighted by Gasteiger charge is -2.07. The van der Waals surface area contributed by atoms with E-state index in [2.05, 4.69) is 43.7 Å². The van der Waals surface area contributed by atoms with Gasteiger partial charge in [0.2, 0.25) is 0 Å². The standard InChI is InChI=1S/C14H17BrN2OS/c1-10-9-19-14(17-10)5-6-16-8-11-3-4-13(18-2)12(15)7-11/h3-4,7,9,16H,5-6,8H2,1-2H3. The van der Waals surface area contributed by atoms with Crippen LogP contribution in [0.4, 0.5) is 0 Å². The van der Waals surface area contributed by atoms with E-state index in [4.69, 9.17) is 4.74 Å². The van der Waals surface area contributed by atoms with E-state index < -0.39 is 0 Å². The lowest BCUT2D eigenvalue weighted by molar-refractivity contribution is 0.412. The zero-order valence-corrected chi connectivity index (χ0v) is 13.5. The number of hydrogen-bond acceptors (Lipinski definition) is 4. The minimum atomic E-state index is 0.854. The van der Waals surface area contributed by atoms with Crippen LogP contribution in [-0.4, -0.2) is 18.6 Å². The third kappa shape index (κ3) is 4.30.